The summed E-state index contributed by atoms with van der Waals surface area (Å²) in [6.45, 7) is 13.4. The highest BCUT2D eigenvalue weighted by Gasteiger charge is 2.21. The van der Waals surface area contributed by atoms with Crippen LogP contribution in [0.2, 0.25) is 0 Å². The molecule has 1 fully saturated rings. The molecule has 0 aromatic heterocycles. The van der Waals surface area contributed by atoms with Gasteiger partial charge in [-0.3, -0.25) is 15.6 Å². The fourth-order valence-electron chi connectivity index (χ4n) is 3.17. The Morgan fingerprint density at radius 1 is 0.867 bits per heavy atom. The van der Waals surface area contributed by atoms with Crippen LogP contribution in [0.4, 0.5) is 9.59 Å². The molecule has 0 atom stereocenters. The lowest BCUT2D eigenvalue weighted by atomic mass is 9.92. The zero-order chi connectivity index (χ0) is 22.6. The predicted molar refractivity (Wildman–Crippen MR) is 120 cm³/mol. The third-order valence-corrected chi connectivity index (χ3v) is 4.49. The minimum absolute atomic E-state index is 0.0493. The first-order valence-corrected chi connectivity index (χ1v) is 11.2. The molecule has 0 bridgehead atoms. The first-order valence-electron chi connectivity index (χ1n) is 11.2. The number of ether oxygens (including phenoxy) is 2. The highest BCUT2D eigenvalue weighted by molar-refractivity contribution is 6.01. The maximum atomic E-state index is 12.0. The van der Waals surface area contributed by atoms with Crippen molar-refractivity contribution in [3.8, 4) is 0 Å². The first kappa shape index (κ1) is 26.2. The van der Waals surface area contributed by atoms with Gasteiger partial charge >= 0.3 is 12.2 Å². The number of hydrogen-bond donors (Lipinski definition) is 3. The predicted octanol–water partition coefficient (Wildman–Crippen LogP) is 4.34. The molecule has 0 radical (unpaired) electrons. The molecule has 8 heteroatoms. The fourth-order valence-corrected chi connectivity index (χ4v) is 3.17. The quantitative estimate of drug-likeness (QED) is 0.319. The monoisotopic (exact) mass is 426 g/mol. The van der Waals surface area contributed by atoms with Crippen LogP contribution in [0.5, 0.6) is 0 Å². The number of carbonyl (C=O) groups excluding carboxylic acids is 2. The number of nitrogens with one attached hydrogen (secondary N) is 3. The summed E-state index contributed by atoms with van der Waals surface area (Å²) in [6, 6.07) is 0. The van der Waals surface area contributed by atoms with E-state index in [2.05, 4.69) is 20.9 Å². The highest BCUT2D eigenvalue weighted by Crippen LogP contribution is 2.19. The van der Waals surface area contributed by atoms with Gasteiger partial charge in [-0.2, -0.15) is 0 Å². The van der Waals surface area contributed by atoms with Crippen molar-refractivity contribution in [1.29, 1.82) is 0 Å². The van der Waals surface area contributed by atoms with Gasteiger partial charge in [0.05, 0.1) is 0 Å². The molecule has 1 heterocycles. The van der Waals surface area contributed by atoms with Crippen LogP contribution >= 0.6 is 0 Å². The molecule has 2 amide bonds. The summed E-state index contributed by atoms with van der Waals surface area (Å²) in [6.07, 6.45) is 6.93. The third kappa shape index (κ3) is 14.2. The van der Waals surface area contributed by atoms with Crippen molar-refractivity contribution in [3.63, 3.8) is 0 Å². The number of rotatable bonds is 7. The topological polar surface area (TPSA) is 101 Å². The summed E-state index contributed by atoms with van der Waals surface area (Å²) in [7, 11) is 0. The van der Waals surface area contributed by atoms with Crippen LogP contribution in [0.3, 0.4) is 0 Å². The Labute approximate surface area is 181 Å². The number of nitrogens with zero attached hydrogens (tertiary/aromatic N) is 1. The lowest BCUT2D eigenvalue weighted by Gasteiger charge is -2.22. The summed E-state index contributed by atoms with van der Waals surface area (Å²) in [5, 5.41) is 8.42. The van der Waals surface area contributed by atoms with Crippen LogP contribution in [0.25, 0.3) is 0 Å². The molecule has 1 rings (SSSR count). The van der Waals surface area contributed by atoms with Crippen LogP contribution in [0.1, 0.15) is 86.5 Å². The molecule has 30 heavy (non-hydrogen) atoms. The van der Waals surface area contributed by atoms with E-state index in [0.29, 0.717) is 6.54 Å². The summed E-state index contributed by atoms with van der Waals surface area (Å²) in [4.78, 5) is 28.4. The SMILES string of the molecule is CC(C)(C)OC(=O)NC(=NCCCCCCC1CCNCC1)NC(=O)OC(C)(C)C. The molecule has 174 valence electrons. The van der Waals surface area contributed by atoms with Crippen LogP contribution in [-0.4, -0.2) is 49.0 Å². The van der Waals surface area contributed by atoms with Crippen LogP contribution in [0.15, 0.2) is 4.99 Å². The lowest BCUT2D eigenvalue weighted by Crippen LogP contribution is -2.47. The van der Waals surface area contributed by atoms with Crippen LogP contribution in [-0.2, 0) is 9.47 Å². The molecule has 8 nitrogen and oxygen atoms in total. The lowest BCUT2D eigenvalue weighted by molar-refractivity contribution is 0.0545. The Balaban J connectivity index is 2.42. The summed E-state index contributed by atoms with van der Waals surface area (Å²) in [5.74, 6) is 0.917. The van der Waals surface area contributed by atoms with E-state index >= 15 is 0 Å². The molecule has 1 saturated heterocycles. The maximum absolute atomic E-state index is 12.0. The average molecular weight is 427 g/mol. The number of amides is 2. The van der Waals surface area contributed by atoms with Crippen molar-refractivity contribution in [2.24, 2.45) is 10.9 Å². The van der Waals surface area contributed by atoms with Gasteiger partial charge in [0.25, 0.3) is 0 Å². The van der Waals surface area contributed by atoms with Crippen molar-refractivity contribution in [2.45, 2.75) is 97.7 Å². The van der Waals surface area contributed by atoms with Crippen LogP contribution in [0, 0.1) is 5.92 Å². The summed E-state index contributed by atoms with van der Waals surface area (Å²) < 4.78 is 10.5. The Kier molecular flexibility index (Phi) is 11.2. The van der Waals surface area contributed by atoms with E-state index in [-0.39, 0.29) is 5.96 Å². The number of carbonyl (C=O) groups is 2. The van der Waals surface area contributed by atoms with Crippen molar-refractivity contribution < 1.29 is 19.1 Å². The summed E-state index contributed by atoms with van der Waals surface area (Å²) in [5.41, 5.74) is -1.29. The van der Waals surface area contributed by atoms with Gasteiger partial charge in [-0.15, -0.1) is 0 Å². The van der Waals surface area contributed by atoms with E-state index in [0.717, 1.165) is 31.8 Å². The number of alkyl carbamates (subject to hydrolysis) is 2. The normalized spacial score (nSPS) is 15.3. The van der Waals surface area contributed by atoms with E-state index in [1.807, 2.05) is 0 Å². The Morgan fingerprint density at radius 2 is 1.37 bits per heavy atom. The third-order valence-electron chi connectivity index (χ3n) is 4.49. The summed E-state index contributed by atoms with van der Waals surface area (Å²) >= 11 is 0. The van der Waals surface area contributed by atoms with Crippen molar-refractivity contribution in [3.05, 3.63) is 0 Å². The zero-order valence-corrected chi connectivity index (χ0v) is 19.7. The molecule has 0 spiro atoms. The number of hydrogen-bond acceptors (Lipinski definition) is 6. The Bertz CT molecular complexity index is 526. The maximum Gasteiger partial charge on any atom is 0.414 e. The van der Waals surface area contributed by atoms with Crippen molar-refractivity contribution in [1.82, 2.24) is 16.0 Å². The molecular weight excluding hydrogens is 384 g/mol. The second kappa shape index (κ2) is 12.8. The van der Waals surface area contributed by atoms with Crippen molar-refractivity contribution in [2.75, 3.05) is 19.6 Å². The smallest absolute Gasteiger partial charge is 0.414 e. The molecule has 0 aliphatic carbocycles. The molecular formula is C22H42N4O4. The second-order valence-corrected chi connectivity index (χ2v) is 9.88. The molecule has 0 unspecified atom stereocenters. The van der Waals surface area contributed by atoms with Gasteiger partial charge in [0, 0.05) is 6.54 Å². The van der Waals surface area contributed by atoms with Gasteiger partial charge in [-0.05, 0) is 79.8 Å². The van der Waals surface area contributed by atoms with E-state index < -0.39 is 23.4 Å². The zero-order valence-electron chi connectivity index (χ0n) is 19.7. The number of piperidine rings is 1. The van der Waals surface area contributed by atoms with E-state index in [1.165, 1.54) is 32.1 Å². The van der Waals surface area contributed by atoms with Gasteiger partial charge in [0.15, 0.2) is 0 Å². The van der Waals surface area contributed by atoms with E-state index in [9.17, 15) is 9.59 Å². The number of unbranched alkanes of at least 4 members (excludes halogenated alkanes) is 3. The van der Waals surface area contributed by atoms with Crippen molar-refractivity contribution >= 4 is 18.1 Å². The van der Waals surface area contributed by atoms with Gasteiger partial charge in [-0.25, -0.2) is 9.59 Å². The number of guanidine groups is 1. The Morgan fingerprint density at radius 3 is 1.87 bits per heavy atom. The molecule has 0 aromatic carbocycles. The average Bonchev–Trinajstić information content (AvgIpc) is 2.58. The molecule has 0 aromatic rings. The van der Waals surface area contributed by atoms with E-state index in [1.54, 1.807) is 41.5 Å². The Hall–Kier alpha value is -1.83. The molecule has 1 aliphatic rings. The molecule has 3 N–H and O–H groups in total. The van der Waals surface area contributed by atoms with Crippen LogP contribution < -0.4 is 16.0 Å². The minimum Gasteiger partial charge on any atom is -0.444 e. The van der Waals surface area contributed by atoms with Gasteiger partial charge in [-0.1, -0.05) is 25.7 Å². The van der Waals surface area contributed by atoms with Gasteiger partial charge in [0.2, 0.25) is 5.96 Å². The van der Waals surface area contributed by atoms with Gasteiger partial charge < -0.3 is 14.8 Å². The van der Waals surface area contributed by atoms with E-state index in [4.69, 9.17) is 9.47 Å². The fraction of sp³-hybridized carbons (Fsp3) is 0.864. The first-order chi connectivity index (χ1) is 13.9. The molecule has 0 saturated carbocycles. The van der Waals surface area contributed by atoms with Gasteiger partial charge in [0.1, 0.15) is 11.2 Å². The molecule has 1 aliphatic heterocycles. The second-order valence-electron chi connectivity index (χ2n) is 9.88. The minimum atomic E-state index is -0.667. The standard InChI is InChI=1S/C22H42N4O4/c1-21(2,3)29-19(27)25-18(26-20(28)30-22(4,5)6)24-14-10-8-7-9-11-17-12-15-23-16-13-17/h17,23H,7-16H2,1-6H3,(H2,24,25,26,27,28). The highest BCUT2D eigenvalue weighted by atomic mass is 16.6. The number of aliphatic imine (C=N–C) groups is 1. The largest absolute Gasteiger partial charge is 0.444 e.